The minimum absolute atomic E-state index is 0.646. The first-order chi connectivity index (χ1) is 11.7. The van der Waals surface area contributed by atoms with Gasteiger partial charge < -0.3 is 9.47 Å². The summed E-state index contributed by atoms with van der Waals surface area (Å²) in [5.74, 6) is -3.86. The fourth-order valence-electron chi connectivity index (χ4n) is 1.51. The molecule has 0 saturated heterocycles. The van der Waals surface area contributed by atoms with Gasteiger partial charge >= 0.3 is 33.5 Å². The molecule has 1 atom stereocenters. The molecule has 1 N–H and O–H groups in total. The molecule has 1 unspecified atom stereocenters. The van der Waals surface area contributed by atoms with Gasteiger partial charge in [-0.15, -0.1) is 0 Å². The number of esters is 2. The van der Waals surface area contributed by atoms with Gasteiger partial charge in [-0.05, 0) is 12.1 Å². The van der Waals surface area contributed by atoms with Crippen molar-refractivity contribution in [3.8, 4) is 5.75 Å². The van der Waals surface area contributed by atoms with Crippen molar-refractivity contribution in [2.45, 2.75) is 17.5 Å². The second-order valence-electron chi connectivity index (χ2n) is 4.49. The van der Waals surface area contributed by atoms with Gasteiger partial charge in [0.2, 0.25) is 0 Å². The lowest BCUT2D eigenvalue weighted by Crippen LogP contribution is -2.52. The lowest BCUT2D eigenvalue weighted by atomic mass is 10.2. The van der Waals surface area contributed by atoms with Crippen LogP contribution in [0.5, 0.6) is 5.75 Å². The SMILES string of the molecule is C=CC(=O)Oc1ccccc1C(=O)OC(C(F)(F)F)C(F)(F)S(=O)(=O)O. The maximum absolute atomic E-state index is 13.4. The highest BCUT2D eigenvalue weighted by molar-refractivity contribution is 7.86. The monoisotopic (exact) mass is 404 g/mol. The molecule has 0 spiro atoms. The number of carbonyl (C=O) groups excluding carboxylic acids is 2. The fourth-order valence-corrected chi connectivity index (χ4v) is 1.96. The molecule has 1 aromatic carbocycles. The maximum Gasteiger partial charge on any atom is 0.432 e. The van der Waals surface area contributed by atoms with Gasteiger partial charge in [-0.25, -0.2) is 9.59 Å². The van der Waals surface area contributed by atoms with Gasteiger partial charge in [0, 0.05) is 6.08 Å². The molecular weight excluding hydrogens is 395 g/mol. The smallest absolute Gasteiger partial charge is 0.432 e. The summed E-state index contributed by atoms with van der Waals surface area (Å²) in [6, 6.07) is 3.97. The number of para-hydroxylation sites is 1. The molecule has 0 radical (unpaired) electrons. The van der Waals surface area contributed by atoms with Gasteiger partial charge in [-0.3, -0.25) is 4.55 Å². The molecule has 0 aliphatic heterocycles. The number of rotatable bonds is 6. The first kappa shape index (κ1) is 21.5. The van der Waals surface area contributed by atoms with E-state index < -0.39 is 50.9 Å². The van der Waals surface area contributed by atoms with Crippen LogP contribution in [-0.4, -0.2) is 42.4 Å². The molecule has 1 aromatic rings. The molecule has 0 fully saturated rings. The lowest BCUT2D eigenvalue weighted by Gasteiger charge is -2.26. The van der Waals surface area contributed by atoms with Crippen LogP contribution in [0.3, 0.4) is 0 Å². The van der Waals surface area contributed by atoms with Crippen LogP contribution >= 0.6 is 0 Å². The van der Waals surface area contributed by atoms with E-state index in [1.807, 2.05) is 0 Å². The molecule has 0 saturated carbocycles. The van der Waals surface area contributed by atoms with Crippen LogP contribution in [0.15, 0.2) is 36.9 Å². The van der Waals surface area contributed by atoms with E-state index in [0.717, 1.165) is 18.2 Å². The van der Waals surface area contributed by atoms with Crippen molar-refractivity contribution in [1.29, 1.82) is 0 Å². The zero-order valence-electron chi connectivity index (χ0n) is 12.4. The summed E-state index contributed by atoms with van der Waals surface area (Å²) < 4.78 is 103. The van der Waals surface area contributed by atoms with E-state index >= 15 is 0 Å². The number of alkyl halides is 5. The Labute approximate surface area is 142 Å². The highest BCUT2D eigenvalue weighted by atomic mass is 32.2. The quantitative estimate of drug-likeness (QED) is 0.255. The van der Waals surface area contributed by atoms with Crippen LogP contribution in [0.2, 0.25) is 0 Å². The first-order valence-corrected chi connectivity index (χ1v) is 7.71. The summed E-state index contributed by atoms with van der Waals surface area (Å²) in [6.45, 7) is 3.04. The predicted octanol–water partition coefficient (Wildman–Crippen LogP) is 2.35. The number of benzene rings is 1. The molecule has 0 aromatic heterocycles. The van der Waals surface area contributed by atoms with E-state index in [4.69, 9.17) is 4.55 Å². The average Bonchev–Trinajstić information content (AvgIpc) is 2.50. The molecule has 0 aliphatic carbocycles. The molecule has 144 valence electrons. The largest absolute Gasteiger partial charge is 0.441 e. The second kappa shape index (κ2) is 7.37. The van der Waals surface area contributed by atoms with Gasteiger partial charge in [0.05, 0.1) is 0 Å². The molecule has 0 amide bonds. The molecule has 0 bridgehead atoms. The highest BCUT2D eigenvalue weighted by Gasteiger charge is 2.66. The van der Waals surface area contributed by atoms with Crippen molar-refractivity contribution < 1.29 is 54.0 Å². The molecule has 7 nitrogen and oxygen atoms in total. The Hall–Kier alpha value is -2.54. The third-order valence-corrected chi connectivity index (χ3v) is 3.56. The first-order valence-electron chi connectivity index (χ1n) is 6.27. The standard InChI is InChI=1S/C13H9F5O7S/c1-2-9(19)24-8-6-4-3-5-7(8)10(20)25-11(12(14,15)16)13(17,18)26(21,22)23/h2-6,11H,1H2,(H,21,22,23). The van der Waals surface area contributed by atoms with E-state index in [1.54, 1.807) is 0 Å². The summed E-state index contributed by atoms with van der Waals surface area (Å²) in [6.07, 6.45) is -9.92. The van der Waals surface area contributed by atoms with Crippen LogP contribution in [0, 0.1) is 0 Å². The van der Waals surface area contributed by atoms with Crippen molar-refractivity contribution in [3.63, 3.8) is 0 Å². The summed E-state index contributed by atoms with van der Waals surface area (Å²) >= 11 is 0. The van der Waals surface area contributed by atoms with Crippen molar-refractivity contribution in [2.75, 3.05) is 0 Å². The third kappa shape index (κ3) is 4.76. The Kier molecular flexibility index (Phi) is 6.10. The van der Waals surface area contributed by atoms with Crippen molar-refractivity contribution in [1.82, 2.24) is 0 Å². The summed E-state index contributed by atoms with van der Waals surface area (Å²) in [5, 5.41) is -5.88. The number of hydrogen-bond donors (Lipinski definition) is 1. The van der Waals surface area contributed by atoms with Gasteiger partial charge in [0.25, 0.3) is 6.10 Å². The predicted molar refractivity (Wildman–Crippen MR) is 74.0 cm³/mol. The summed E-state index contributed by atoms with van der Waals surface area (Å²) in [4.78, 5) is 22.9. The number of ether oxygens (including phenoxy) is 2. The van der Waals surface area contributed by atoms with Crippen LogP contribution < -0.4 is 4.74 Å². The van der Waals surface area contributed by atoms with E-state index in [2.05, 4.69) is 16.1 Å². The minimum Gasteiger partial charge on any atom is -0.441 e. The molecule has 0 aliphatic rings. The van der Waals surface area contributed by atoms with E-state index in [9.17, 15) is 40.0 Å². The van der Waals surface area contributed by atoms with Crippen LogP contribution in [0.1, 0.15) is 10.4 Å². The number of halogens is 5. The van der Waals surface area contributed by atoms with E-state index in [0.29, 0.717) is 6.08 Å². The summed E-state index contributed by atoms with van der Waals surface area (Å²) in [5.41, 5.74) is -0.886. The van der Waals surface area contributed by atoms with Crippen LogP contribution in [-0.2, 0) is 19.6 Å². The zero-order valence-corrected chi connectivity index (χ0v) is 13.2. The molecular formula is C13H9F5O7S. The third-order valence-electron chi connectivity index (χ3n) is 2.66. The normalized spacial score (nSPS) is 13.6. The average molecular weight is 404 g/mol. The minimum atomic E-state index is -6.57. The molecule has 26 heavy (non-hydrogen) atoms. The maximum atomic E-state index is 13.4. The summed E-state index contributed by atoms with van der Waals surface area (Å²) in [7, 11) is -6.57. The van der Waals surface area contributed by atoms with Crippen molar-refractivity contribution >= 4 is 22.1 Å². The fraction of sp³-hybridized carbons (Fsp3) is 0.231. The van der Waals surface area contributed by atoms with Crippen LogP contribution in [0.25, 0.3) is 0 Å². The highest BCUT2D eigenvalue weighted by Crippen LogP contribution is 2.38. The van der Waals surface area contributed by atoms with Crippen molar-refractivity contribution in [3.05, 3.63) is 42.5 Å². The van der Waals surface area contributed by atoms with E-state index in [-0.39, 0.29) is 0 Å². The Morgan fingerprint density at radius 1 is 1.15 bits per heavy atom. The molecule has 1 rings (SSSR count). The Bertz CT molecular complexity index is 816. The van der Waals surface area contributed by atoms with Gasteiger partial charge in [-0.1, -0.05) is 18.7 Å². The molecule has 0 heterocycles. The van der Waals surface area contributed by atoms with Crippen molar-refractivity contribution in [2.24, 2.45) is 0 Å². The van der Waals surface area contributed by atoms with Crippen LogP contribution in [0.4, 0.5) is 22.0 Å². The van der Waals surface area contributed by atoms with Gasteiger partial charge in [-0.2, -0.15) is 30.4 Å². The van der Waals surface area contributed by atoms with E-state index in [1.165, 1.54) is 6.07 Å². The lowest BCUT2D eigenvalue weighted by molar-refractivity contribution is -0.248. The Morgan fingerprint density at radius 2 is 1.69 bits per heavy atom. The topological polar surface area (TPSA) is 107 Å². The molecule has 13 heteroatoms. The van der Waals surface area contributed by atoms with Gasteiger partial charge in [0.15, 0.2) is 0 Å². The Balaban J connectivity index is 3.29. The number of hydrogen-bond acceptors (Lipinski definition) is 6. The zero-order chi connectivity index (χ0) is 20.3. The van der Waals surface area contributed by atoms with Gasteiger partial charge in [0.1, 0.15) is 11.3 Å². The second-order valence-corrected chi connectivity index (χ2v) is 5.98. The number of carbonyl (C=O) groups is 2. The Morgan fingerprint density at radius 3 is 2.15 bits per heavy atom.